The summed E-state index contributed by atoms with van der Waals surface area (Å²) in [5.41, 5.74) is 7.51. The fourth-order valence-corrected chi connectivity index (χ4v) is 1.89. The van der Waals surface area contributed by atoms with E-state index in [1.165, 1.54) is 7.11 Å². The quantitative estimate of drug-likeness (QED) is 0.837. The van der Waals surface area contributed by atoms with Crippen molar-refractivity contribution in [1.29, 1.82) is 0 Å². The van der Waals surface area contributed by atoms with Crippen molar-refractivity contribution in [2.45, 2.75) is 26.0 Å². The molecule has 2 unspecified atom stereocenters. The summed E-state index contributed by atoms with van der Waals surface area (Å²) >= 11 is 0. The van der Waals surface area contributed by atoms with E-state index >= 15 is 0 Å². The Morgan fingerprint density at radius 3 is 2.55 bits per heavy atom. The Hall–Kier alpha value is -1.30. The topological polar surface area (TPSA) is 73.6 Å². The molecule has 1 aromatic carbocycles. The molecule has 1 aromatic rings. The van der Waals surface area contributed by atoms with E-state index in [1.807, 2.05) is 32.0 Å². The molecule has 2 atom stereocenters. The second-order valence-electron chi connectivity index (χ2n) is 4.44. The molecule has 0 aliphatic heterocycles. The molecule has 0 radical (unpaired) electrons. The van der Waals surface area contributed by atoms with Gasteiger partial charge in [-0.15, -0.1) is 12.4 Å². The number of benzene rings is 1. The van der Waals surface area contributed by atoms with E-state index in [0.717, 1.165) is 16.9 Å². The summed E-state index contributed by atoms with van der Waals surface area (Å²) in [7, 11) is 3.08. The highest BCUT2D eigenvalue weighted by Gasteiger charge is 2.20. The van der Waals surface area contributed by atoms with Crippen LogP contribution in [0.2, 0.25) is 0 Å². The number of amides is 1. The van der Waals surface area contributed by atoms with Crippen LogP contribution in [0, 0.1) is 6.92 Å². The SMILES string of the molecule is COc1ccc(C)cc1C(C)NC(=O)C(CN)OC.Cl. The zero-order valence-electron chi connectivity index (χ0n) is 12.3. The Labute approximate surface area is 126 Å². The Bertz CT molecular complexity index is 436. The molecule has 1 amide bonds. The van der Waals surface area contributed by atoms with Gasteiger partial charge in [0.15, 0.2) is 0 Å². The fraction of sp³-hybridized carbons (Fsp3) is 0.500. The normalized spacial score (nSPS) is 13.1. The summed E-state index contributed by atoms with van der Waals surface area (Å²) in [4.78, 5) is 11.9. The number of aryl methyl sites for hydroxylation is 1. The van der Waals surface area contributed by atoms with E-state index in [0.29, 0.717) is 0 Å². The van der Waals surface area contributed by atoms with Crippen LogP contribution in [0.4, 0.5) is 0 Å². The second kappa shape index (κ2) is 8.79. The smallest absolute Gasteiger partial charge is 0.250 e. The number of ether oxygens (including phenoxy) is 2. The summed E-state index contributed by atoms with van der Waals surface area (Å²) in [6, 6.07) is 5.68. The minimum Gasteiger partial charge on any atom is -0.496 e. The van der Waals surface area contributed by atoms with Crippen LogP contribution >= 0.6 is 12.4 Å². The average molecular weight is 303 g/mol. The summed E-state index contributed by atoms with van der Waals surface area (Å²) in [5.74, 6) is 0.529. The van der Waals surface area contributed by atoms with Crippen LogP contribution < -0.4 is 15.8 Å². The maximum atomic E-state index is 11.9. The van der Waals surface area contributed by atoms with Gasteiger partial charge in [0.25, 0.3) is 5.91 Å². The van der Waals surface area contributed by atoms with Crippen molar-refractivity contribution in [3.63, 3.8) is 0 Å². The van der Waals surface area contributed by atoms with Crippen molar-refractivity contribution in [2.24, 2.45) is 5.73 Å². The van der Waals surface area contributed by atoms with E-state index < -0.39 is 6.10 Å². The van der Waals surface area contributed by atoms with Gasteiger partial charge in [-0.3, -0.25) is 4.79 Å². The van der Waals surface area contributed by atoms with E-state index in [9.17, 15) is 4.79 Å². The molecule has 0 heterocycles. The number of rotatable bonds is 6. The van der Waals surface area contributed by atoms with Crippen LogP contribution in [0.5, 0.6) is 5.75 Å². The Balaban J connectivity index is 0.00000361. The number of hydrogen-bond acceptors (Lipinski definition) is 4. The number of hydrogen-bond donors (Lipinski definition) is 2. The number of carbonyl (C=O) groups is 1. The molecule has 3 N–H and O–H groups in total. The highest BCUT2D eigenvalue weighted by molar-refractivity contribution is 5.85. The summed E-state index contributed by atoms with van der Waals surface area (Å²) in [6.45, 7) is 4.05. The first kappa shape index (κ1) is 18.7. The molecule has 0 spiro atoms. The lowest BCUT2D eigenvalue weighted by atomic mass is 10.0. The standard InChI is InChI=1S/C14H22N2O3.ClH/c1-9-5-6-12(18-3)11(7-9)10(2)16-14(17)13(8-15)19-4;/h5-7,10,13H,8,15H2,1-4H3,(H,16,17);1H. The number of halogens is 1. The molecular formula is C14H23ClN2O3. The zero-order valence-corrected chi connectivity index (χ0v) is 13.1. The highest BCUT2D eigenvalue weighted by atomic mass is 35.5. The highest BCUT2D eigenvalue weighted by Crippen LogP contribution is 2.26. The minimum absolute atomic E-state index is 0. The monoisotopic (exact) mass is 302 g/mol. The lowest BCUT2D eigenvalue weighted by Crippen LogP contribution is -2.41. The van der Waals surface area contributed by atoms with Crippen LogP contribution in [0.15, 0.2) is 18.2 Å². The third kappa shape index (κ3) is 4.67. The lowest BCUT2D eigenvalue weighted by Gasteiger charge is -2.20. The largest absolute Gasteiger partial charge is 0.496 e. The maximum Gasteiger partial charge on any atom is 0.250 e. The predicted molar refractivity (Wildman–Crippen MR) is 81.4 cm³/mol. The van der Waals surface area contributed by atoms with Crippen molar-refractivity contribution in [3.05, 3.63) is 29.3 Å². The number of methoxy groups -OCH3 is 2. The van der Waals surface area contributed by atoms with Gasteiger partial charge in [0.2, 0.25) is 0 Å². The first-order valence-corrected chi connectivity index (χ1v) is 6.21. The maximum absolute atomic E-state index is 11.9. The first-order valence-electron chi connectivity index (χ1n) is 6.21. The lowest BCUT2D eigenvalue weighted by molar-refractivity contribution is -0.131. The van der Waals surface area contributed by atoms with Gasteiger partial charge in [-0.1, -0.05) is 17.7 Å². The second-order valence-corrected chi connectivity index (χ2v) is 4.44. The molecular weight excluding hydrogens is 280 g/mol. The van der Waals surface area contributed by atoms with Crippen molar-refractivity contribution in [2.75, 3.05) is 20.8 Å². The first-order chi connectivity index (χ1) is 9.03. The summed E-state index contributed by atoms with van der Waals surface area (Å²) in [6.07, 6.45) is -0.627. The van der Waals surface area contributed by atoms with Crippen molar-refractivity contribution >= 4 is 18.3 Å². The average Bonchev–Trinajstić information content (AvgIpc) is 2.40. The van der Waals surface area contributed by atoms with Crippen molar-refractivity contribution in [3.8, 4) is 5.75 Å². The Morgan fingerprint density at radius 1 is 1.40 bits per heavy atom. The van der Waals surface area contributed by atoms with Crippen LogP contribution in [-0.4, -0.2) is 32.8 Å². The van der Waals surface area contributed by atoms with Crippen LogP contribution in [0.1, 0.15) is 24.1 Å². The molecule has 0 aromatic heterocycles. The van der Waals surface area contributed by atoms with Crippen LogP contribution in [0.25, 0.3) is 0 Å². The van der Waals surface area contributed by atoms with Gasteiger partial charge >= 0.3 is 0 Å². The number of carbonyl (C=O) groups excluding carboxylic acids is 1. The van der Waals surface area contributed by atoms with Gasteiger partial charge in [0, 0.05) is 19.2 Å². The van der Waals surface area contributed by atoms with E-state index in [1.54, 1.807) is 7.11 Å². The molecule has 0 fully saturated rings. The Kier molecular flexibility index (Phi) is 8.22. The van der Waals surface area contributed by atoms with Crippen LogP contribution in [0.3, 0.4) is 0 Å². The van der Waals surface area contributed by atoms with Crippen LogP contribution in [-0.2, 0) is 9.53 Å². The van der Waals surface area contributed by atoms with Gasteiger partial charge < -0.3 is 20.5 Å². The molecule has 0 saturated heterocycles. The Morgan fingerprint density at radius 2 is 2.05 bits per heavy atom. The van der Waals surface area contributed by atoms with E-state index in [-0.39, 0.29) is 30.9 Å². The fourth-order valence-electron chi connectivity index (χ4n) is 1.89. The molecule has 0 saturated carbocycles. The molecule has 114 valence electrons. The van der Waals surface area contributed by atoms with Crippen molar-refractivity contribution < 1.29 is 14.3 Å². The molecule has 1 rings (SSSR count). The molecule has 5 nitrogen and oxygen atoms in total. The third-order valence-electron chi connectivity index (χ3n) is 3.00. The molecule has 0 aliphatic rings. The predicted octanol–water partition coefficient (Wildman–Crippen LogP) is 1.58. The molecule has 20 heavy (non-hydrogen) atoms. The van der Waals surface area contributed by atoms with Gasteiger partial charge in [-0.05, 0) is 19.9 Å². The van der Waals surface area contributed by atoms with Gasteiger partial charge in [-0.2, -0.15) is 0 Å². The van der Waals surface area contributed by atoms with Gasteiger partial charge in [-0.25, -0.2) is 0 Å². The molecule has 6 heteroatoms. The van der Waals surface area contributed by atoms with E-state index in [2.05, 4.69) is 5.32 Å². The zero-order chi connectivity index (χ0) is 14.4. The summed E-state index contributed by atoms with van der Waals surface area (Å²) < 4.78 is 10.3. The molecule has 0 bridgehead atoms. The molecule has 0 aliphatic carbocycles. The van der Waals surface area contributed by atoms with Crippen molar-refractivity contribution in [1.82, 2.24) is 5.32 Å². The summed E-state index contributed by atoms with van der Waals surface area (Å²) in [5, 5.41) is 2.88. The van der Waals surface area contributed by atoms with Gasteiger partial charge in [0.1, 0.15) is 11.9 Å². The number of nitrogens with two attached hydrogens (primary N) is 1. The van der Waals surface area contributed by atoms with E-state index in [4.69, 9.17) is 15.2 Å². The minimum atomic E-state index is -0.627. The number of nitrogens with one attached hydrogen (secondary N) is 1. The van der Waals surface area contributed by atoms with Gasteiger partial charge in [0.05, 0.1) is 13.2 Å². The third-order valence-corrected chi connectivity index (χ3v) is 3.00.